The minimum Gasteiger partial charge on any atom is -0.469 e. The van der Waals surface area contributed by atoms with Gasteiger partial charge in [0.25, 0.3) is 0 Å². The molecule has 0 bridgehead atoms. The standard InChI is InChI=1S/C25H23F2N3O5/c26-17-8-14(30-3-5-32-6-4-30)9-18(27)22(17)13-1-2-19-15(7-13)16(10-28)25(29-19)35-21-12-34-23-20(31)11-33-24(21)23/h1-2,7-9,20-21,23-24,29,31H,3-6,11-12H2/t20-,21-,23?,24-/m1/s1. The van der Waals surface area contributed by atoms with E-state index in [0.29, 0.717) is 48.5 Å². The van der Waals surface area contributed by atoms with E-state index in [1.165, 1.54) is 12.1 Å². The van der Waals surface area contributed by atoms with Crippen molar-refractivity contribution in [3.05, 3.63) is 47.5 Å². The summed E-state index contributed by atoms with van der Waals surface area (Å²) in [5.74, 6) is -1.13. The van der Waals surface area contributed by atoms with Crippen LogP contribution < -0.4 is 9.64 Å². The van der Waals surface area contributed by atoms with Crippen molar-refractivity contribution in [2.24, 2.45) is 0 Å². The van der Waals surface area contributed by atoms with Gasteiger partial charge < -0.3 is 33.9 Å². The van der Waals surface area contributed by atoms with Crippen LogP contribution in [-0.2, 0) is 14.2 Å². The molecule has 4 heterocycles. The predicted molar refractivity (Wildman–Crippen MR) is 121 cm³/mol. The number of nitriles is 1. The number of hydrogen-bond donors (Lipinski definition) is 2. The van der Waals surface area contributed by atoms with Gasteiger partial charge in [-0.3, -0.25) is 0 Å². The molecule has 0 amide bonds. The summed E-state index contributed by atoms with van der Waals surface area (Å²) in [7, 11) is 0. The first-order chi connectivity index (χ1) is 17.0. The number of ether oxygens (including phenoxy) is 4. The second-order valence-corrected chi connectivity index (χ2v) is 8.90. The Morgan fingerprint density at radius 3 is 2.54 bits per heavy atom. The van der Waals surface area contributed by atoms with Crippen LogP contribution in [0.4, 0.5) is 14.5 Å². The minimum absolute atomic E-state index is 0.156. The summed E-state index contributed by atoms with van der Waals surface area (Å²) >= 11 is 0. The Hall–Kier alpha value is -3.23. The monoisotopic (exact) mass is 483 g/mol. The number of aromatic amines is 1. The van der Waals surface area contributed by atoms with Gasteiger partial charge in [-0.15, -0.1) is 0 Å². The summed E-state index contributed by atoms with van der Waals surface area (Å²) in [6, 6.07) is 9.64. The SMILES string of the molecule is N#Cc1c(O[C@@H]2COC3[C@H](O)CO[C@@H]32)[nH]c2ccc(-c3c(F)cc(N4CCOCC4)cc3F)cc12. The van der Waals surface area contributed by atoms with Crippen molar-refractivity contribution in [2.45, 2.75) is 24.4 Å². The summed E-state index contributed by atoms with van der Waals surface area (Å²) in [5.41, 5.74) is 1.44. The number of fused-ring (bicyclic) bond motifs is 2. The molecule has 3 aliphatic rings. The highest BCUT2D eigenvalue weighted by Gasteiger charge is 2.48. The lowest BCUT2D eigenvalue weighted by Gasteiger charge is -2.29. The molecule has 8 nitrogen and oxygen atoms in total. The number of anilines is 1. The number of nitrogens with zero attached hydrogens (tertiary/aromatic N) is 2. The summed E-state index contributed by atoms with van der Waals surface area (Å²) < 4.78 is 52.8. The van der Waals surface area contributed by atoms with Gasteiger partial charge in [-0.2, -0.15) is 5.26 Å². The highest BCUT2D eigenvalue weighted by atomic mass is 19.1. The number of benzene rings is 2. The highest BCUT2D eigenvalue weighted by molar-refractivity contribution is 5.92. The molecule has 0 saturated carbocycles. The van der Waals surface area contributed by atoms with E-state index in [2.05, 4.69) is 11.1 Å². The van der Waals surface area contributed by atoms with E-state index in [9.17, 15) is 10.4 Å². The second-order valence-electron chi connectivity index (χ2n) is 8.90. The number of hydrogen-bond acceptors (Lipinski definition) is 7. The number of halogens is 2. The zero-order chi connectivity index (χ0) is 24.1. The van der Waals surface area contributed by atoms with Crippen molar-refractivity contribution in [1.29, 1.82) is 5.26 Å². The molecular weight excluding hydrogens is 460 g/mol. The van der Waals surface area contributed by atoms with Gasteiger partial charge in [-0.25, -0.2) is 8.78 Å². The molecule has 6 rings (SSSR count). The number of H-pyrrole nitrogens is 1. The Bertz CT molecular complexity index is 1290. The molecule has 0 aliphatic carbocycles. The van der Waals surface area contributed by atoms with Crippen LogP contribution in [0.3, 0.4) is 0 Å². The molecular formula is C25H23F2N3O5. The highest BCUT2D eigenvalue weighted by Crippen LogP contribution is 2.37. The van der Waals surface area contributed by atoms with Crippen molar-refractivity contribution in [2.75, 3.05) is 44.4 Å². The predicted octanol–water partition coefficient (Wildman–Crippen LogP) is 2.73. The van der Waals surface area contributed by atoms with E-state index in [1.54, 1.807) is 18.2 Å². The molecule has 3 aromatic rings. The first kappa shape index (κ1) is 22.2. The molecule has 3 fully saturated rings. The van der Waals surface area contributed by atoms with Crippen LogP contribution in [0.15, 0.2) is 30.3 Å². The first-order valence-electron chi connectivity index (χ1n) is 11.5. The zero-order valence-electron chi connectivity index (χ0n) is 18.7. The largest absolute Gasteiger partial charge is 0.469 e. The first-order valence-corrected chi connectivity index (χ1v) is 11.5. The van der Waals surface area contributed by atoms with Gasteiger partial charge in [0.1, 0.15) is 41.6 Å². The summed E-state index contributed by atoms with van der Waals surface area (Å²) in [4.78, 5) is 4.95. The molecule has 182 valence electrons. The summed E-state index contributed by atoms with van der Waals surface area (Å²) in [6.07, 6.45) is -2.12. The zero-order valence-corrected chi connectivity index (χ0v) is 18.7. The number of nitrogens with one attached hydrogen (secondary N) is 1. The Morgan fingerprint density at radius 2 is 1.80 bits per heavy atom. The Labute approximate surface area is 199 Å². The Balaban J connectivity index is 1.32. The fourth-order valence-electron chi connectivity index (χ4n) is 5.06. The lowest BCUT2D eigenvalue weighted by molar-refractivity contribution is 0.00789. The van der Waals surface area contributed by atoms with Gasteiger partial charge in [-0.05, 0) is 29.8 Å². The molecule has 10 heteroatoms. The Morgan fingerprint density at radius 1 is 1.06 bits per heavy atom. The van der Waals surface area contributed by atoms with Crippen molar-refractivity contribution in [1.82, 2.24) is 4.98 Å². The van der Waals surface area contributed by atoms with Crippen molar-refractivity contribution in [3.8, 4) is 23.1 Å². The molecule has 0 spiro atoms. The molecule has 1 aromatic heterocycles. The van der Waals surface area contributed by atoms with E-state index in [4.69, 9.17) is 18.9 Å². The van der Waals surface area contributed by atoms with Gasteiger partial charge >= 0.3 is 0 Å². The molecule has 0 radical (unpaired) electrons. The molecule has 2 N–H and O–H groups in total. The molecule has 35 heavy (non-hydrogen) atoms. The normalized spacial score (nSPS) is 26.2. The number of rotatable bonds is 4. The molecule has 2 aromatic carbocycles. The maximum Gasteiger partial charge on any atom is 0.210 e. The third-order valence-electron chi connectivity index (χ3n) is 6.82. The number of morpholine rings is 1. The molecule has 4 atom stereocenters. The van der Waals surface area contributed by atoms with Crippen molar-refractivity contribution < 1.29 is 32.8 Å². The van der Waals surface area contributed by atoms with Crippen molar-refractivity contribution >= 4 is 16.6 Å². The van der Waals surface area contributed by atoms with Gasteiger partial charge in [0, 0.05) is 29.7 Å². The number of aromatic nitrogens is 1. The van der Waals surface area contributed by atoms with E-state index in [-0.39, 0.29) is 30.2 Å². The Kier molecular flexibility index (Phi) is 5.57. The van der Waals surface area contributed by atoms with Crippen LogP contribution in [0.2, 0.25) is 0 Å². The third kappa shape index (κ3) is 3.81. The summed E-state index contributed by atoms with van der Waals surface area (Å²) in [6.45, 7) is 2.54. The van der Waals surface area contributed by atoms with Gasteiger partial charge in [0.2, 0.25) is 5.88 Å². The van der Waals surface area contributed by atoms with E-state index in [0.717, 1.165) is 0 Å². The van der Waals surface area contributed by atoms with Crippen LogP contribution in [0.5, 0.6) is 5.88 Å². The molecule has 3 saturated heterocycles. The fourth-order valence-corrected chi connectivity index (χ4v) is 5.06. The van der Waals surface area contributed by atoms with Crippen molar-refractivity contribution in [3.63, 3.8) is 0 Å². The second kappa shape index (κ2) is 8.77. The maximum absolute atomic E-state index is 15.1. The van der Waals surface area contributed by atoms with Crippen LogP contribution in [0.25, 0.3) is 22.0 Å². The van der Waals surface area contributed by atoms with Gasteiger partial charge in [-0.1, -0.05) is 6.07 Å². The van der Waals surface area contributed by atoms with E-state index < -0.39 is 36.1 Å². The average molecular weight is 483 g/mol. The van der Waals surface area contributed by atoms with Crippen LogP contribution in [-0.4, -0.2) is 74.0 Å². The smallest absolute Gasteiger partial charge is 0.210 e. The maximum atomic E-state index is 15.1. The molecule has 1 unspecified atom stereocenters. The van der Waals surface area contributed by atoms with Crippen LogP contribution in [0, 0.1) is 23.0 Å². The van der Waals surface area contributed by atoms with Crippen LogP contribution in [0.1, 0.15) is 5.56 Å². The average Bonchev–Trinajstić information content (AvgIpc) is 3.54. The lowest BCUT2D eigenvalue weighted by Crippen LogP contribution is -2.36. The quantitative estimate of drug-likeness (QED) is 0.589. The van der Waals surface area contributed by atoms with Gasteiger partial charge in [0.05, 0.1) is 32.0 Å². The molecule has 3 aliphatic heterocycles. The van der Waals surface area contributed by atoms with Crippen LogP contribution >= 0.6 is 0 Å². The summed E-state index contributed by atoms with van der Waals surface area (Å²) in [5, 5.41) is 20.3. The van der Waals surface area contributed by atoms with Gasteiger partial charge in [0.15, 0.2) is 6.10 Å². The topological polar surface area (TPSA) is 100.0 Å². The van der Waals surface area contributed by atoms with E-state index in [1.807, 2.05) is 4.90 Å². The van der Waals surface area contributed by atoms with E-state index >= 15 is 8.78 Å². The lowest BCUT2D eigenvalue weighted by atomic mass is 10.0. The fraction of sp³-hybridized carbons (Fsp3) is 0.400. The minimum atomic E-state index is -0.714. The third-order valence-corrected chi connectivity index (χ3v) is 6.82. The number of aliphatic hydroxyl groups excluding tert-OH is 1. The number of aliphatic hydroxyl groups is 1.